The van der Waals surface area contributed by atoms with Crippen LogP contribution in [-0.2, 0) is 15.0 Å². The molecule has 156 valence electrons. The van der Waals surface area contributed by atoms with Gasteiger partial charge in [0.15, 0.2) is 0 Å². The molecule has 1 aliphatic carbocycles. The molecule has 0 spiro atoms. The lowest BCUT2D eigenvalue weighted by atomic mass is 9.64. The Labute approximate surface area is 176 Å². The molecule has 0 aromatic heterocycles. The van der Waals surface area contributed by atoms with Crippen LogP contribution in [0.15, 0.2) is 49.1 Å². The van der Waals surface area contributed by atoms with Crippen LogP contribution in [0.4, 0.5) is 10.1 Å². The molecule has 1 amide bonds. The van der Waals surface area contributed by atoms with Gasteiger partial charge in [0.2, 0.25) is 5.91 Å². The number of carbonyl (C=O) groups excluding carboxylic acids is 2. The van der Waals surface area contributed by atoms with Crippen molar-refractivity contribution < 1.29 is 18.7 Å². The van der Waals surface area contributed by atoms with Crippen LogP contribution < -0.4 is 10.1 Å². The highest BCUT2D eigenvalue weighted by atomic mass is 19.1. The molecule has 4 nitrogen and oxygen atoms in total. The van der Waals surface area contributed by atoms with Gasteiger partial charge in [-0.05, 0) is 55.0 Å². The van der Waals surface area contributed by atoms with Crippen molar-refractivity contribution in [1.82, 2.24) is 0 Å². The normalized spacial score (nSPS) is 21.5. The van der Waals surface area contributed by atoms with Crippen molar-refractivity contribution in [3.63, 3.8) is 0 Å². The number of esters is 1. The van der Waals surface area contributed by atoms with Crippen LogP contribution in [-0.4, -0.2) is 11.9 Å². The van der Waals surface area contributed by atoms with E-state index in [4.69, 9.17) is 4.74 Å². The van der Waals surface area contributed by atoms with E-state index in [0.717, 1.165) is 42.9 Å². The summed E-state index contributed by atoms with van der Waals surface area (Å²) >= 11 is 0. The van der Waals surface area contributed by atoms with E-state index in [-0.39, 0.29) is 17.6 Å². The first-order chi connectivity index (χ1) is 14.5. The number of anilines is 1. The maximum Gasteiger partial charge on any atom is 0.335 e. The second kappa shape index (κ2) is 8.05. The Hall–Kier alpha value is -2.95. The van der Waals surface area contributed by atoms with Crippen molar-refractivity contribution in [1.29, 1.82) is 0 Å². The minimum Gasteiger partial charge on any atom is -0.423 e. The summed E-state index contributed by atoms with van der Waals surface area (Å²) in [5, 5.41) is 2.99. The smallest absolute Gasteiger partial charge is 0.335 e. The van der Waals surface area contributed by atoms with Crippen LogP contribution in [0.3, 0.4) is 0 Å². The summed E-state index contributed by atoms with van der Waals surface area (Å²) in [7, 11) is 0. The van der Waals surface area contributed by atoms with Gasteiger partial charge in [0.1, 0.15) is 17.0 Å². The number of amides is 1. The zero-order valence-electron chi connectivity index (χ0n) is 17.2. The van der Waals surface area contributed by atoms with Gasteiger partial charge in [0, 0.05) is 11.6 Å². The molecule has 30 heavy (non-hydrogen) atoms. The zero-order valence-corrected chi connectivity index (χ0v) is 17.2. The van der Waals surface area contributed by atoms with Gasteiger partial charge in [-0.1, -0.05) is 50.5 Å². The Bertz CT molecular complexity index is 990. The fraction of sp³-hybridized carbons (Fsp3) is 0.360. The molecule has 1 aliphatic heterocycles. The number of carbonyl (C=O) groups is 2. The highest BCUT2D eigenvalue weighted by Crippen LogP contribution is 2.52. The number of benzene rings is 2. The third kappa shape index (κ3) is 3.22. The summed E-state index contributed by atoms with van der Waals surface area (Å²) in [6, 6.07) is 10.3. The van der Waals surface area contributed by atoms with E-state index in [1.807, 2.05) is 12.1 Å². The van der Waals surface area contributed by atoms with Crippen molar-refractivity contribution in [3.8, 4) is 5.75 Å². The van der Waals surface area contributed by atoms with Gasteiger partial charge in [-0.3, -0.25) is 4.79 Å². The minimum atomic E-state index is -0.876. The van der Waals surface area contributed by atoms with Crippen molar-refractivity contribution in [3.05, 3.63) is 71.6 Å². The Balaban J connectivity index is 1.86. The summed E-state index contributed by atoms with van der Waals surface area (Å²) < 4.78 is 19.5. The van der Waals surface area contributed by atoms with Crippen LogP contribution in [0.25, 0.3) is 0 Å². The predicted octanol–water partition coefficient (Wildman–Crippen LogP) is 5.43. The Kier molecular flexibility index (Phi) is 5.46. The number of ether oxygens (including phenoxy) is 1. The van der Waals surface area contributed by atoms with Gasteiger partial charge in [0.05, 0.1) is 5.69 Å². The lowest BCUT2D eigenvalue weighted by Crippen LogP contribution is -2.43. The monoisotopic (exact) mass is 407 g/mol. The van der Waals surface area contributed by atoms with Crippen molar-refractivity contribution in [2.45, 2.75) is 50.9 Å². The second-order valence-electron chi connectivity index (χ2n) is 8.20. The number of halogens is 1. The standard InChI is InChI=1S/C25H26FNO3/c1-3-22(28)30-19-12-10-18(11-13-19)25(17-8-6-4-5-7-9-17)20-14-15-21(26)16(2)23(20)27-24(25)29/h3,10-15,17H,1,4-9H2,2H3,(H,27,29). The summed E-state index contributed by atoms with van der Waals surface area (Å²) in [6.45, 7) is 5.11. The van der Waals surface area contributed by atoms with Crippen LogP contribution in [0.1, 0.15) is 55.2 Å². The lowest BCUT2D eigenvalue weighted by Gasteiger charge is -2.36. The van der Waals surface area contributed by atoms with E-state index in [0.29, 0.717) is 17.0 Å². The fourth-order valence-electron chi connectivity index (χ4n) is 5.09. The number of hydrogen-bond donors (Lipinski definition) is 1. The van der Waals surface area contributed by atoms with Gasteiger partial charge in [-0.2, -0.15) is 0 Å². The van der Waals surface area contributed by atoms with Gasteiger partial charge >= 0.3 is 5.97 Å². The molecule has 1 heterocycles. The van der Waals surface area contributed by atoms with Gasteiger partial charge in [-0.15, -0.1) is 0 Å². The molecule has 0 bridgehead atoms. The largest absolute Gasteiger partial charge is 0.423 e. The molecule has 2 aromatic carbocycles. The number of hydrogen-bond acceptors (Lipinski definition) is 3. The first-order valence-electron chi connectivity index (χ1n) is 10.5. The zero-order chi connectivity index (χ0) is 21.3. The fourth-order valence-corrected chi connectivity index (χ4v) is 5.09. The molecule has 0 saturated heterocycles. The molecule has 2 aliphatic rings. The quantitative estimate of drug-likeness (QED) is 0.318. The van der Waals surface area contributed by atoms with E-state index in [2.05, 4.69) is 11.9 Å². The van der Waals surface area contributed by atoms with Crippen LogP contribution in [0.5, 0.6) is 5.75 Å². The van der Waals surface area contributed by atoms with E-state index in [1.165, 1.54) is 18.9 Å². The topological polar surface area (TPSA) is 55.4 Å². The third-order valence-electron chi connectivity index (χ3n) is 6.58. The maximum absolute atomic E-state index is 14.3. The number of rotatable bonds is 4. The summed E-state index contributed by atoms with van der Waals surface area (Å²) in [5.74, 6) is -0.441. The predicted molar refractivity (Wildman–Crippen MR) is 114 cm³/mol. The van der Waals surface area contributed by atoms with E-state index in [9.17, 15) is 14.0 Å². The number of nitrogens with one attached hydrogen (secondary N) is 1. The molecule has 1 fully saturated rings. The van der Waals surface area contributed by atoms with E-state index < -0.39 is 11.4 Å². The SMILES string of the molecule is C=CC(=O)Oc1ccc(C2(C3CCCCCC3)C(=O)Nc3c2ccc(F)c3C)cc1. The highest BCUT2D eigenvalue weighted by molar-refractivity contribution is 6.09. The van der Waals surface area contributed by atoms with E-state index in [1.54, 1.807) is 25.1 Å². The average Bonchev–Trinajstić information content (AvgIpc) is 2.90. The Morgan fingerprint density at radius 2 is 1.80 bits per heavy atom. The highest BCUT2D eigenvalue weighted by Gasteiger charge is 2.53. The Morgan fingerprint density at radius 1 is 1.13 bits per heavy atom. The Morgan fingerprint density at radius 3 is 2.43 bits per heavy atom. The molecule has 1 N–H and O–H groups in total. The molecule has 4 rings (SSSR count). The number of fused-ring (bicyclic) bond motifs is 1. The van der Waals surface area contributed by atoms with Crippen molar-refractivity contribution >= 4 is 17.6 Å². The maximum atomic E-state index is 14.3. The van der Waals surface area contributed by atoms with Gasteiger partial charge in [0.25, 0.3) is 0 Å². The molecule has 1 saturated carbocycles. The minimum absolute atomic E-state index is 0.103. The van der Waals surface area contributed by atoms with Crippen molar-refractivity contribution in [2.75, 3.05) is 5.32 Å². The lowest BCUT2D eigenvalue weighted by molar-refractivity contribution is -0.129. The van der Waals surface area contributed by atoms with Gasteiger partial charge in [-0.25, -0.2) is 9.18 Å². The third-order valence-corrected chi connectivity index (χ3v) is 6.58. The van der Waals surface area contributed by atoms with Crippen LogP contribution in [0.2, 0.25) is 0 Å². The van der Waals surface area contributed by atoms with Gasteiger partial charge < -0.3 is 10.1 Å². The molecule has 1 unspecified atom stereocenters. The first kappa shape index (κ1) is 20.3. The molecule has 5 heteroatoms. The summed E-state index contributed by atoms with van der Waals surface area (Å²) in [4.78, 5) is 25.1. The summed E-state index contributed by atoms with van der Waals surface area (Å²) in [6.07, 6.45) is 7.47. The molecular weight excluding hydrogens is 381 g/mol. The first-order valence-corrected chi connectivity index (χ1v) is 10.5. The molecule has 2 aromatic rings. The van der Waals surface area contributed by atoms with E-state index >= 15 is 0 Å². The molecular formula is C25H26FNO3. The molecule has 0 radical (unpaired) electrons. The van der Waals surface area contributed by atoms with Crippen molar-refractivity contribution in [2.24, 2.45) is 5.92 Å². The summed E-state index contributed by atoms with van der Waals surface area (Å²) in [5.41, 5.74) is 1.86. The van der Waals surface area contributed by atoms with Crippen LogP contribution in [0, 0.1) is 18.7 Å². The van der Waals surface area contributed by atoms with Crippen LogP contribution >= 0.6 is 0 Å². The average molecular weight is 407 g/mol. The second-order valence-corrected chi connectivity index (χ2v) is 8.20. The molecule has 1 atom stereocenters.